The molecule has 0 heterocycles. The smallest absolute Gasteiger partial charge is 0.293 e. The second-order valence-corrected chi connectivity index (χ2v) is 7.58. The Morgan fingerprint density at radius 1 is 1.19 bits per heavy atom. The van der Waals surface area contributed by atoms with Gasteiger partial charge in [0.05, 0.1) is 16.4 Å². The summed E-state index contributed by atoms with van der Waals surface area (Å²) >= 11 is 0. The summed E-state index contributed by atoms with van der Waals surface area (Å²) in [5.74, 6) is 0.717. The van der Waals surface area contributed by atoms with Crippen molar-refractivity contribution < 1.29 is 18.1 Å². The number of rotatable bonds is 8. The van der Waals surface area contributed by atoms with Crippen LogP contribution in [0.2, 0.25) is 0 Å². The van der Waals surface area contributed by atoms with Gasteiger partial charge in [0.25, 0.3) is 5.69 Å². The van der Waals surface area contributed by atoms with Crippen molar-refractivity contribution in [1.82, 2.24) is 4.72 Å². The highest BCUT2D eigenvalue weighted by atomic mass is 32.2. The van der Waals surface area contributed by atoms with E-state index in [9.17, 15) is 18.5 Å². The average molecular weight is 379 g/mol. The number of sulfonamides is 1. The lowest BCUT2D eigenvalue weighted by Gasteiger charge is -2.20. The minimum atomic E-state index is -3.75. The van der Waals surface area contributed by atoms with Gasteiger partial charge in [0, 0.05) is 13.1 Å². The van der Waals surface area contributed by atoms with Gasteiger partial charge in [-0.1, -0.05) is 17.7 Å². The van der Waals surface area contributed by atoms with E-state index >= 15 is 0 Å². The van der Waals surface area contributed by atoms with Crippen molar-refractivity contribution in [1.29, 1.82) is 0 Å². The number of likely N-dealkylation sites (N-methyl/N-ethyl adjacent to an activating group) is 1. The van der Waals surface area contributed by atoms with Crippen molar-refractivity contribution >= 4 is 21.4 Å². The Balaban J connectivity index is 2.13. The van der Waals surface area contributed by atoms with Gasteiger partial charge < -0.3 is 9.64 Å². The summed E-state index contributed by atoms with van der Waals surface area (Å²) < 4.78 is 31.5. The molecule has 0 atom stereocenters. The number of hydrogen-bond donors (Lipinski definition) is 1. The lowest BCUT2D eigenvalue weighted by atomic mass is 10.2. The zero-order valence-corrected chi connectivity index (χ0v) is 15.6. The predicted molar refractivity (Wildman–Crippen MR) is 99.3 cm³/mol. The van der Waals surface area contributed by atoms with E-state index in [4.69, 9.17) is 4.74 Å². The highest BCUT2D eigenvalue weighted by Crippen LogP contribution is 2.30. The number of nitrogens with zero attached hydrogens (tertiary/aromatic N) is 2. The molecule has 8 nitrogen and oxygen atoms in total. The van der Waals surface area contributed by atoms with Gasteiger partial charge in [-0.2, -0.15) is 0 Å². The maximum absolute atomic E-state index is 11.8. The summed E-state index contributed by atoms with van der Waals surface area (Å²) in [5, 5.41) is 11.4. The monoisotopic (exact) mass is 379 g/mol. The Morgan fingerprint density at radius 2 is 1.85 bits per heavy atom. The molecule has 140 valence electrons. The Labute approximate surface area is 152 Å². The topological polar surface area (TPSA) is 102 Å². The summed E-state index contributed by atoms with van der Waals surface area (Å²) in [7, 11) is -0.810. The zero-order valence-electron chi connectivity index (χ0n) is 14.8. The molecular formula is C17H21N3O5S. The Kier molecular flexibility index (Phi) is 6.17. The fraction of sp³-hybridized carbons (Fsp3) is 0.294. The molecule has 0 aliphatic rings. The number of nitro groups is 1. The van der Waals surface area contributed by atoms with E-state index in [0.29, 0.717) is 24.6 Å². The van der Waals surface area contributed by atoms with Crippen LogP contribution >= 0.6 is 0 Å². The molecule has 0 saturated carbocycles. The molecule has 0 spiro atoms. The lowest BCUT2D eigenvalue weighted by molar-refractivity contribution is -0.384. The van der Waals surface area contributed by atoms with Gasteiger partial charge in [0.1, 0.15) is 18.0 Å². The highest BCUT2D eigenvalue weighted by molar-refractivity contribution is 7.89. The van der Waals surface area contributed by atoms with E-state index in [-0.39, 0.29) is 10.6 Å². The summed E-state index contributed by atoms with van der Waals surface area (Å²) in [6.07, 6.45) is 0. The Morgan fingerprint density at radius 3 is 2.42 bits per heavy atom. The molecule has 0 fully saturated rings. The number of aryl methyl sites for hydroxylation is 1. The van der Waals surface area contributed by atoms with E-state index in [1.807, 2.05) is 31.2 Å². The van der Waals surface area contributed by atoms with Crippen LogP contribution in [-0.2, 0) is 10.0 Å². The molecule has 1 N–H and O–H groups in total. The molecule has 0 aromatic heterocycles. The van der Waals surface area contributed by atoms with Crippen molar-refractivity contribution in [2.75, 3.05) is 32.1 Å². The maximum Gasteiger partial charge on any atom is 0.293 e. The number of anilines is 1. The second kappa shape index (κ2) is 8.15. The van der Waals surface area contributed by atoms with E-state index < -0.39 is 14.9 Å². The van der Waals surface area contributed by atoms with Crippen LogP contribution in [0.1, 0.15) is 5.56 Å². The minimum Gasteiger partial charge on any atom is -0.492 e. The van der Waals surface area contributed by atoms with E-state index in [1.165, 1.54) is 19.2 Å². The molecule has 0 saturated heterocycles. The fourth-order valence-electron chi connectivity index (χ4n) is 2.31. The van der Waals surface area contributed by atoms with Gasteiger partial charge in [-0.05, 0) is 38.2 Å². The van der Waals surface area contributed by atoms with Crippen molar-refractivity contribution in [2.45, 2.75) is 11.8 Å². The molecule has 0 radical (unpaired) electrons. The molecule has 0 aliphatic carbocycles. The molecule has 0 unspecified atom stereocenters. The number of ether oxygens (including phenoxy) is 1. The first-order valence-electron chi connectivity index (χ1n) is 7.87. The summed E-state index contributed by atoms with van der Waals surface area (Å²) in [5.41, 5.74) is 1.17. The number of nitrogens with one attached hydrogen (secondary N) is 1. The SMILES string of the molecule is CNS(=O)(=O)c1ccc(N(C)CCOc2ccc(C)cc2)c([N+](=O)[O-])c1. The van der Waals surface area contributed by atoms with E-state index in [2.05, 4.69) is 4.72 Å². The van der Waals surface area contributed by atoms with Crippen molar-refractivity contribution in [2.24, 2.45) is 0 Å². The lowest BCUT2D eigenvalue weighted by Crippen LogP contribution is -2.25. The third-order valence-electron chi connectivity index (χ3n) is 3.85. The van der Waals surface area contributed by atoms with Crippen LogP contribution in [0.4, 0.5) is 11.4 Å². The second-order valence-electron chi connectivity index (χ2n) is 5.70. The first-order valence-corrected chi connectivity index (χ1v) is 9.35. The zero-order chi connectivity index (χ0) is 19.3. The Hall–Kier alpha value is -2.65. The third kappa shape index (κ3) is 4.70. The molecule has 0 amide bonds. The predicted octanol–water partition coefficient (Wildman–Crippen LogP) is 2.33. The molecule has 9 heteroatoms. The number of nitro benzene ring substituents is 1. The normalized spacial score (nSPS) is 11.2. The van der Waals surface area contributed by atoms with Gasteiger partial charge in [-0.3, -0.25) is 10.1 Å². The molecular weight excluding hydrogens is 358 g/mol. The summed E-state index contributed by atoms with van der Waals surface area (Å²) in [6.45, 7) is 2.70. The first-order chi connectivity index (χ1) is 12.2. The van der Waals surface area contributed by atoms with Crippen molar-refractivity contribution in [3.8, 4) is 5.75 Å². The van der Waals surface area contributed by atoms with Gasteiger partial charge in [-0.25, -0.2) is 13.1 Å². The maximum atomic E-state index is 11.8. The highest BCUT2D eigenvalue weighted by Gasteiger charge is 2.22. The molecule has 0 bridgehead atoms. The van der Waals surface area contributed by atoms with Crippen LogP contribution in [0.15, 0.2) is 47.4 Å². The van der Waals surface area contributed by atoms with Crippen LogP contribution in [0.3, 0.4) is 0 Å². The molecule has 2 rings (SSSR count). The molecule has 0 aliphatic heterocycles. The van der Waals surface area contributed by atoms with E-state index in [0.717, 1.165) is 11.6 Å². The van der Waals surface area contributed by atoms with Crippen LogP contribution in [0.25, 0.3) is 0 Å². The van der Waals surface area contributed by atoms with E-state index in [1.54, 1.807) is 11.9 Å². The van der Waals surface area contributed by atoms with Crippen molar-refractivity contribution in [3.63, 3.8) is 0 Å². The summed E-state index contributed by atoms with van der Waals surface area (Å²) in [4.78, 5) is 12.3. The van der Waals surface area contributed by atoms with Crippen LogP contribution < -0.4 is 14.4 Å². The van der Waals surface area contributed by atoms with Crippen LogP contribution in [0.5, 0.6) is 5.75 Å². The van der Waals surface area contributed by atoms with Gasteiger partial charge in [0.2, 0.25) is 10.0 Å². The quantitative estimate of drug-likeness (QED) is 0.558. The standard InChI is InChI=1S/C17H21N3O5S/c1-13-4-6-14(7-5-13)25-11-10-19(3)16-9-8-15(26(23,24)18-2)12-17(16)20(21)22/h4-9,12,18H,10-11H2,1-3H3. The molecule has 26 heavy (non-hydrogen) atoms. The number of hydrogen-bond acceptors (Lipinski definition) is 6. The fourth-order valence-corrected chi connectivity index (χ4v) is 3.06. The average Bonchev–Trinajstić information content (AvgIpc) is 2.62. The van der Waals surface area contributed by atoms with Crippen LogP contribution in [-0.4, -0.2) is 40.6 Å². The minimum absolute atomic E-state index is 0.153. The van der Waals surface area contributed by atoms with Crippen LogP contribution in [0, 0.1) is 17.0 Å². The Bertz CT molecular complexity index is 882. The third-order valence-corrected chi connectivity index (χ3v) is 5.26. The molecule has 2 aromatic rings. The van der Waals surface area contributed by atoms with Gasteiger partial charge in [0.15, 0.2) is 0 Å². The van der Waals surface area contributed by atoms with Crippen molar-refractivity contribution in [3.05, 3.63) is 58.1 Å². The largest absolute Gasteiger partial charge is 0.492 e. The van der Waals surface area contributed by atoms with Gasteiger partial charge >= 0.3 is 0 Å². The molecule has 2 aromatic carbocycles. The number of benzene rings is 2. The summed E-state index contributed by atoms with van der Waals surface area (Å²) in [6, 6.07) is 11.4. The first kappa shape index (κ1) is 19.7. The van der Waals surface area contributed by atoms with Gasteiger partial charge in [-0.15, -0.1) is 0 Å².